The molecule has 0 fully saturated rings. The molecule has 0 spiro atoms. The maximum atomic E-state index is 13.0. The van der Waals surface area contributed by atoms with E-state index in [9.17, 15) is 9.59 Å². The van der Waals surface area contributed by atoms with Crippen LogP contribution in [0.5, 0.6) is 0 Å². The van der Waals surface area contributed by atoms with Crippen LogP contribution in [0.3, 0.4) is 0 Å². The number of esters is 1. The zero-order chi connectivity index (χ0) is 21.1. The van der Waals surface area contributed by atoms with Gasteiger partial charge in [-0.05, 0) is 31.0 Å². The van der Waals surface area contributed by atoms with Crippen molar-refractivity contribution in [3.63, 3.8) is 0 Å². The molecule has 0 unspecified atom stereocenters. The monoisotopic (exact) mass is 398 g/mol. The maximum absolute atomic E-state index is 13.0. The van der Waals surface area contributed by atoms with Crippen LogP contribution >= 0.6 is 0 Å². The van der Waals surface area contributed by atoms with Crippen LogP contribution in [-0.4, -0.2) is 15.7 Å². The number of carbonyl (C=O) groups excluding carboxylic acids is 1. The number of carbonyl (C=O) groups is 1. The second kappa shape index (κ2) is 8.33. The first-order chi connectivity index (χ1) is 14.5. The summed E-state index contributed by atoms with van der Waals surface area (Å²) in [6, 6.07) is 24.4. The van der Waals surface area contributed by atoms with Crippen LogP contribution in [0.2, 0.25) is 0 Å². The van der Waals surface area contributed by atoms with E-state index in [2.05, 4.69) is 5.10 Å². The molecule has 1 aromatic heterocycles. The molecule has 0 amide bonds. The van der Waals surface area contributed by atoms with E-state index in [0.29, 0.717) is 10.8 Å². The Balaban J connectivity index is 1.71. The van der Waals surface area contributed by atoms with Gasteiger partial charge in [-0.3, -0.25) is 4.79 Å². The van der Waals surface area contributed by atoms with E-state index in [1.54, 1.807) is 24.3 Å². The number of benzene rings is 3. The summed E-state index contributed by atoms with van der Waals surface area (Å²) in [5, 5.41) is 5.32. The summed E-state index contributed by atoms with van der Waals surface area (Å²) < 4.78 is 7.02. The first-order valence-electron chi connectivity index (χ1n) is 9.84. The van der Waals surface area contributed by atoms with Gasteiger partial charge in [-0.15, -0.1) is 0 Å². The highest BCUT2D eigenvalue weighted by Crippen LogP contribution is 2.21. The number of fused-ring (bicyclic) bond motifs is 1. The van der Waals surface area contributed by atoms with E-state index in [0.717, 1.165) is 16.7 Å². The lowest BCUT2D eigenvalue weighted by Gasteiger charge is -2.15. The van der Waals surface area contributed by atoms with Crippen LogP contribution in [0.1, 0.15) is 40.2 Å². The minimum atomic E-state index is -0.555. The molecule has 0 saturated heterocycles. The lowest BCUT2D eigenvalue weighted by molar-refractivity contribution is 0.0330. The molecular formula is C25H22N2O3. The third-order valence-electron chi connectivity index (χ3n) is 5.07. The van der Waals surface area contributed by atoms with E-state index in [1.165, 1.54) is 4.68 Å². The average Bonchev–Trinajstić information content (AvgIpc) is 2.77. The molecule has 5 nitrogen and oxygen atoms in total. The van der Waals surface area contributed by atoms with Crippen molar-refractivity contribution in [2.45, 2.75) is 26.5 Å². The standard InChI is InChI=1S/C25H22N2O3/c1-17-12-14-20(15-13-17)18(2)30-25(29)23-21-10-6-7-11-22(21)24(28)27(26-23)16-19-8-4-3-5-9-19/h3-15,18H,16H2,1-2H3/t18-/m0/s1. The van der Waals surface area contributed by atoms with E-state index < -0.39 is 12.1 Å². The van der Waals surface area contributed by atoms with Gasteiger partial charge in [-0.1, -0.05) is 78.4 Å². The van der Waals surface area contributed by atoms with Crippen molar-refractivity contribution in [1.82, 2.24) is 9.78 Å². The molecule has 0 aliphatic rings. The van der Waals surface area contributed by atoms with Gasteiger partial charge in [0.25, 0.3) is 5.56 Å². The van der Waals surface area contributed by atoms with Crippen molar-refractivity contribution >= 4 is 16.7 Å². The van der Waals surface area contributed by atoms with Crippen LogP contribution in [0.15, 0.2) is 83.7 Å². The summed E-state index contributed by atoms with van der Waals surface area (Å²) in [6.07, 6.45) is -0.437. The van der Waals surface area contributed by atoms with Crippen molar-refractivity contribution in [2.75, 3.05) is 0 Å². The highest BCUT2D eigenvalue weighted by molar-refractivity contribution is 6.02. The topological polar surface area (TPSA) is 61.2 Å². The van der Waals surface area contributed by atoms with Gasteiger partial charge in [-0.2, -0.15) is 5.10 Å². The number of nitrogens with zero attached hydrogens (tertiary/aromatic N) is 2. The minimum absolute atomic E-state index is 0.139. The van der Waals surface area contributed by atoms with Gasteiger partial charge >= 0.3 is 5.97 Å². The van der Waals surface area contributed by atoms with Gasteiger partial charge in [0.1, 0.15) is 6.10 Å². The number of hydrogen-bond acceptors (Lipinski definition) is 4. The van der Waals surface area contributed by atoms with E-state index >= 15 is 0 Å². The molecule has 150 valence electrons. The largest absolute Gasteiger partial charge is 0.453 e. The molecule has 5 heteroatoms. The lowest BCUT2D eigenvalue weighted by atomic mass is 10.1. The number of ether oxygens (including phenoxy) is 1. The minimum Gasteiger partial charge on any atom is -0.453 e. The third kappa shape index (κ3) is 4.01. The number of rotatable bonds is 5. The number of aromatic nitrogens is 2. The fourth-order valence-corrected chi connectivity index (χ4v) is 3.37. The quantitative estimate of drug-likeness (QED) is 0.458. The Morgan fingerprint density at radius 3 is 2.27 bits per heavy atom. The first kappa shape index (κ1) is 19.6. The van der Waals surface area contributed by atoms with Crippen molar-refractivity contribution in [3.05, 3.63) is 112 Å². The molecule has 0 N–H and O–H groups in total. The van der Waals surface area contributed by atoms with Gasteiger partial charge in [0.2, 0.25) is 0 Å². The molecule has 1 heterocycles. The third-order valence-corrected chi connectivity index (χ3v) is 5.07. The summed E-state index contributed by atoms with van der Waals surface area (Å²) in [7, 11) is 0. The number of aryl methyl sites for hydroxylation is 1. The van der Waals surface area contributed by atoms with Gasteiger partial charge < -0.3 is 4.74 Å². The lowest BCUT2D eigenvalue weighted by Crippen LogP contribution is -2.27. The summed E-state index contributed by atoms with van der Waals surface area (Å²) in [4.78, 5) is 26.0. The van der Waals surface area contributed by atoms with Gasteiger partial charge in [0.15, 0.2) is 5.69 Å². The fraction of sp³-hybridized carbons (Fsp3) is 0.160. The molecule has 1 atom stereocenters. The normalized spacial score (nSPS) is 11.9. The van der Waals surface area contributed by atoms with Crippen LogP contribution in [-0.2, 0) is 11.3 Å². The van der Waals surface area contributed by atoms with Crippen LogP contribution in [0.25, 0.3) is 10.8 Å². The van der Waals surface area contributed by atoms with Crippen molar-refractivity contribution in [2.24, 2.45) is 0 Å². The predicted molar refractivity (Wildman–Crippen MR) is 117 cm³/mol. The molecule has 0 aliphatic heterocycles. The van der Waals surface area contributed by atoms with Crippen molar-refractivity contribution < 1.29 is 9.53 Å². The molecular weight excluding hydrogens is 376 g/mol. The summed E-state index contributed by atoms with van der Waals surface area (Å²) in [6.45, 7) is 4.11. The summed E-state index contributed by atoms with van der Waals surface area (Å²) >= 11 is 0. The highest BCUT2D eigenvalue weighted by Gasteiger charge is 2.20. The number of hydrogen-bond donors (Lipinski definition) is 0. The van der Waals surface area contributed by atoms with Gasteiger partial charge in [0.05, 0.1) is 11.9 Å². The molecule has 0 radical (unpaired) electrons. The van der Waals surface area contributed by atoms with E-state index in [1.807, 2.05) is 68.4 Å². The Morgan fingerprint density at radius 1 is 0.933 bits per heavy atom. The SMILES string of the molecule is Cc1ccc([C@H](C)OC(=O)c2nn(Cc3ccccc3)c(=O)c3ccccc23)cc1. The Morgan fingerprint density at radius 2 is 1.57 bits per heavy atom. The second-order valence-corrected chi connectivity index (χ2v) is 7.30. The van der Waals surface area contributed by atoms with Crippen molar-refractivity contribution in [3.8, 4) is 0 Å². The van der Waals surface area contributed by atoms with Gasteiger partial charge in [-0.25, -0.2) is 9.48 Å². The van der Waals surface area contributed by atoms with Crippen LogP contribution in [0.4, 0.5) is 0 Å². The molecule has 4 rings (SSSR count). The maximum Gasteiger partial charge on any atom is 0.360 e. The smallest absolute Gasteiger partial charge is 0.360 e. The van der Waals surface area contributed by atoms with Gasteiger partial charge in [0, 0.05) is 5.39 Å². The van der Waals surface area contributed by atoms with E-state index in [4.69, 9.17) is 4.74 Å². The molecule has 0 aliphatic carbocycles. The first-order valence-corrected chi connectivity index (χ1v) is 9.84. The molecule has 30 heavy (non-hydrogen) atoms. The summed E-state index contributed by atoms with van der Waals surface area (Å²) in [5.41, 5.74) is 2.86. The van der Waals surface area contributed by atoms with E-state index in [-0.39, 0.29) is 17.8 Å². The second-order valence-electron chi connectivity index (χ2n) is 7.30. The predicted octanol–water partition coefficient (Wildman–Crippen LogP) is 4.67. The van der Waals surface area contributed by atoms with Crippen LogP contribution < -0.4 is 5.56 Å². The van der Waals surface area contributed by atoms with Crippen molar-refractivity contribution in [1.29, 1.82) is 0 Å². The molecule has 0 bridgehead atoms. The Bertz CT molecular complexity index is 1250. The molecule has 3 aromatic carbocycles. The molecule has 0 saturated carbocycles. The Hall–Kier alpha value is -3.73. The van der Waals surface area contributed by atoms with Crippen LogP contribution in [0, 0.1) is 6.92 Å². The fourth-order valence-electron chi connectivity index (χ4n) is 3.37. The highest BCUT2D eigenvalue weighted by atomic mass is 16.5. The zero-order valence-electron chi connectivity index (χ0n) is 16.9. The molecule has 4 aromatic rings. The summed E-state index contributed by atoms with van der Waals surface area (Å²) in [5.74, 6) is -0.555. The Labute approximate surface area is 174 Å². The average molecular weight is 398 g/mol. The Kier molecular flexibility index (Phi) is 5.44. The zero-order valence-corrected chi connectivity index (χ0v) is 16.9.